The van der Waals surface area contributed by atoms with Crippen molar-refractivity contribution in [3.63, 3.8) is 0 Å². The summed E-state index contributed by atoms with van der Waals surface area (Å²) in [6, 6.07) is 56.1. The normalized spacial score (nSPS) is 13.6. The topological polar surface area (TPSA) is 12.9 Å². The van der Waals surface area contributed by atoms with E-state index in [1.165, 1.54) is 71.1 Å². The SMILES string of the molecule is c1cc(-c2nc3ccccc3s2)cc(-c2ccc3c4c(cccc24)C2(c4ccccc4-c4ccccc42)c2ccccc2-3)c1. The van der Waals surface area contributed by atoms with Gasteiger partial charge in [0.1, 0.15) is 5.01 Å². The molecule has 0 saturated carbocycles. The maximum atomic E-state index is 4.97. The highest BCUT2D eigenvalue weighted by Gasteiger charge is 2.49. The van der Waals surface area contributed by atoms with Crippen molar-refractivity contribution in [2.45, 2.75) is 5.41 Å². The van der Waals surface area contributed by atoms with Crippen molar-refractivity contribution in [3.05, 3.63) is 174 Å². The van der Waals surface area contributed by atoms with Gasteiger partial charge < -0.3 is 0 Å². The van der Waals surface area contributed by atoms with Gasteiger partial charge in [-0.2, -0.15) is 0 Å². The third-order valence-corrected chi connectivity index (χ3v) is 10.8. The van der Waals surface area contributed by atoms with Gasteiger partial charge in [-0.05, 0) is 84.6 Å². The van der Waals surface area contributed by atoms with Crippen LogP contribution >= 0.6 is 11.3 Å². The lowest BCUT2D eigenvalue weighted by Gasteiger charge is -2.40. The van der Waals surface area contributed by atoms with Gasteiger partial charge in [-0.25, -0.2) is 4.98 Å². The Morgan fingerprint density at radius 1 is 0.432 bits per heavy atom. The first-order chi connectivity index (χ1) is 21.8. The van der Waals surface area contributed by atoms with Crippen LogP contribution in [0.1, 0.15) is 22.3 Å². The first-order valence-electron chi connectivity index (χ1n) is 15.1. The summed E-state index contributed by atoms with van der Waals surface area (Å²) in [6.45, 7) is 0. The molecule has 0 bridgehead atoms. The summed E-state index contributed by atoms with van der Waals surface area (Å²) in [5.74, 6) is 0. The fourth-order valence-electron chi connectivity index (χ4n) is 8.02. The van der Waals surface area contributed by atoms with Gasteiger partial charge in [0, 0.05) is 5.56 Å². The van der Waals surface area contributed by atoms with Crippen LogP contribution in [0.2, 0.25) is 0 Å². The van der Waals surface area contributed by atoms with Crippen LogP contribution in [0.15, 0.2) is 152 Å². The minimum absolute atomic E-state index is 0.377. The third kappa shape index (κ3) is 3.05. The highest BCUT2D eigenvalue weighted by Crippen LogP contribution is 2.62. The molecule has 2 aliphatic rings. The fraction of sp³-hybridized carbons (Fsp3) is 0.0238. The summed E-state index contributed by atoms with van der Waals surface area (Å²) < 4.78 is 1.22. The van der Waals surface area contributed by atoms with Gasteiger partial charge in [-0.15, -0.1) is 11.3 Å². The van der Waals surface area contributed by atoms with Crippen LogP contribution in [0.3, 0.4) is 0 Å². The van der Waals surface area contributed by atoms with Crippen molar-refractivity contribution in [3.8, 4) is 44.0 Å². The zero-order valence-electron chi connectivity index (χ0n) is 23.8. The molecule has 0 unspecified atom stereocenters. The molecular formula is C42H25NS. The lowest BCUT2D eigenvalue weighted by molar-refractivity contribution is 0.773. The molecule has 1 spiro atoms. The molecule has 204 valence electrons. The van der Waals surface area contributed by atoms with Crippen LogP contribution in [0, 0.1) is 0 Å². The molecule has 2 heteroatoms. The maximum absolute atomic E-state index is 4.97. The molecule has 2 aliphatic carbocycles. The molecule has 7 aromatic carbocycles. The number of fused-ring (bicyclic) bond motifs is 10. The fourth-order valence-corrected chi connectivity index (χ4v) is 8.98. The standard InChI is InChI=1S/C42H25NS/c1-4-17-34-29(13-1)30-14-2-5-18-35(30)42(34)36-19-6-3-15-31(36)33-24-23-28(32-16-10-20-37(42)40(32)33)26-11-9-12-27(25-26)41-43-38-21-7-8-22-39(38)44-41/h1-25H. The minimum atomic E-state index is -0.377. The van der Waals surface area contributed by atoms with Gasteiger partial charge in [-0.1, -0.05) is 133 Å². The van der Waals surface area contributed by atoms with Gasteiger partial charge >= 0.3 is 0 Å². The molecule has 0 N–H and O–H groups in total. The molecule has 44 heavy (non-hydrogen) atoms. The van der Waals surface area contributed by atoms with E-state index in [9.17, 15) is 0 Å². The van der Waals surface area contributed by atoms with Crippen LogP contribution in [0.5, 0.6) is 0 Å². The number of benzene rings is 7. The van der Waals surface area contributed by atoms with Gasteiger partial charge in [-0.3, -0.25) is 0 Å². The second-order valence-corrected chi connectivity index (χ2v) is 12.9. The minimum Gasteiger partial charge on any atom is -0.236 e. The summed E-state index contributed by atoms with van der Waals surface area (Å²) in [5.41, 5.74) is 15.1. The van der Waals surface area contributed by atoms with E-state index in [2.05, 4.69) is 152 Å². The van der Waals surface area contributed by atoms with Gasteiger partial charge in [0.05, 0.1) is 15.6 Å². The molecule has 1 nitrogen and oxygen atoms in total. The number of hydrogen-bond donors (Lipinski definition) is 0. The van der Waals surface area contributed by atoms with Crippen molar-refractivity contribution >= 4 is 32.3 Å². The van der Waals surface area contributed by atoms with E-state index in [0.717, 1.165) is 16.1 Å². The predicted molar refractivity (Wildman–Crippen MR) is 184 cm³/mol. The Labute approximate surface area is 259 Å². The van der Waals surface area contributed by atoms with Crippen molar-refractivity contribution in [1.29, 1.82) is 0 Å². The average Bonchev–Trinajstić information content (AvgIpc) is 3.66. The van der Waals surface area contributed by atoms with Crippen LogP contribution in [-0.2, 0) is 5.41 Å². The molecule has 1 aromatic heterocycles. The smallest absolute Gasteiger partial charge is 0.124 e. The zero-order valence-corrected chi connectivity index (χ0v) is 24.6. The second-order valence-electron chi connectivity index (χ2n) is 11.8. The van der Waals surface area contributed by atoms with Crippen LogP contribution in [0.4, 0.5) is 0 Å². The number of hydrogen-bond acceptors (Lipinski definition) is 2. The molecule has 0 fully saturated rings. The number of para-hydroxylation sites is 1. The first-order valence-corrected chi connectivity index (χ1v) is 16.0. The van der Waals surface area contributed by atoms with Crippen molar-refractivity contribution in [1.82, 2.24) is 4.98 Å². The zero-order chi connectivity index (χ0) is 28.8. The van der Waals surface area contributed by atoms with Crippen LogP contribution in [0.25, 0.3) is 64.9 Å². The van der Waals surface area contributed by atoms with E-state index >= 15 is 0 Å². The molecule has 10 rings (SSSR count). The Balaban J connectivity index is 1.27. The molecule has 0 radical (unpaired) electrons. The van der Waals surface area contributed by atoms with Crippen molar-refractivity contribution < 1.29 is 0 Å². The molecule has 0 atom stereocenters. The summed E-state index contributed by atoms with van der Waals surface area (Å²) in [7, 11) is 0. The number of nitrogens with zero attached hydrogens (tertiary/aromatic N) is 1. The van der Waals surface area contributed by atoms with E-state index in [1.54, 1.807) is 11.3 Å². The lowest BCUT2D eigenvalue weighted by Crippen LogP contribution is -2.31. The number of thiazole rings is 1. The Morgan fingerprint density at radius 3 is 1.73 bits per heavy atom. The van der Waals surface area contributed by atoms with E-state index in [0.29, 0.717) is 0 Å². The number of aromatic nitrogens is 1. The molecule has 0 aliphatic heterocycles. The summed E-state index contributed by atoms with van der Waals surface area (Å²) in [6.07, 6.45) is 0. The Bertz CT molecular complexity index is 2390. The maximum Gasteiger partial charge on any atom is 0.124 e. The predicted octanol–water partition coefficient (Wildman–Crippen LogP) is 11.1. The van der Waals surface area contributed by atoms with Gasteiger partial charge in [0.25, 0.3) is 0 Å². The number of rotatable bonds is 2. The summed E-state index contributed by atoms with van der Waals surface area (Å²) in [4.78, 5) is 4.97. The Hall–Kier alpha value is -5.31. The van der Waals surface area contributed by atoms with Crippen molar-refractivity contribution in [2.75, 3.05) is 0 Å². The van der Waals surface area contributed by atoms with Crippen molar-refractivity contribution in [2.24, 2.45) is 0 Å². The Kier molecular flexibility index (Phi) is 4.86. The summed E-state index contributed by atoms with van der Waals surface area (Å²) >= 11 is 1.76. The van der Waals surface area contributed by atoms with Crippen LogP contribution in [-0.4, -0.2) is 4.98 Å². The lowest BCUT2D eigenvalue weighted by atomic mass is 9.61. The molecule has 0 saturated heterocycles. The second kappa shape index (κ2) is 8.86. The van der Waals surface area contributed by atoms with E-state index in [1.807, 2.05) is 0 Å². The third-order valence-electron chi connectivity index (χ3n) is 9.73. The molecule has 1 heterocycles. The van der Waals surface area contributed by atoms with Gasteiger partial charge in [0.15, 0.2) is 0 Å². The highest BCUT2D eigenvalue weighted by atomic mass is 32.1. The molecular weight excluding hydrogens is 551 g/mol. The van der Waals surface area contributed by atoms with E-state index < -0.39 is 0 Å². The van der Waals surface area contributed by atoms with Crippen LogP contribution < -0.4 is 0 Å². The largest absolute Gasteiger partial charge is 0.236 e. The van der Waals surface area contributed by atoms with Gasteiger partial charge in [0.2, 0.25) is 0 Å². The Morgan fingerprint density at radius 2 is 1.00 bits per heavy atom. The molecule has 0 amide bonds. The monoisotopic (exact) mass is 575 g/mol. The van der Waals surface area contributed by atoms with E-state index in [-0.39, 0.29) is 5.41 Å². The quantitative estimate of drug-likeness (QED) is 0.200. The first kappa shape index (κ1) is 24.2. The molecule has 8 aromatic rings. The summed E-state index contributed by atoms with van der Waals surface area (Å²) in [5, 5.41) is 3.70. The van der Waals surface area contributed by atoms with E-state index in [4.69, 9.17) is 4.98 Å². The highest BCUT2D eigenvalue weighted by molar-refractivity contribution is 7.21. The average molecular weight is 576 g/mol.